The molecule has 162 valence electrons. The fourth-order valence-corrected chi connectivity index (χ4v) is 3.89. The molecule has 2 N–H and O–H groups in total. The number of aromatic hydroxyl groups is 2. The van der Waals surface area contributed by atoms with Crippen molar-refractivity contribution in [1.29, 1.82) is 0 Å². The number of rotatable bonds is 16. The van der Waals surface area contributed by atoms with E-state index in [-0.39, 0.29) is 5.41 Å². The van der Waals surface area contributed by atoms with Crippen LogP contribution in [0.15, 0.2) is 12.1 Å². The molecular formula is C26H46O2. The van der Waals surface area contributed by atoms with E-state index in [1.54, 1.807) is 12.1 Å². The van der Waals surface area contributed by atoms with Crippen LogP contribution in [0.2, 0.25) is 0 Å². The number of phenolic OH excluding ortho intramolecular Hbond substituents is 2. The number of unbranched alkanes of at least 4 members (excludes halogenated alkanes) is 12. The molecule has 1 aromatic carbocycles. The summed E-state index contributed by atoms with van der Waals surface area (Å²) in [4.78, 5) is 0. The highest BCUT2D eigenvalue weighted by molar-refractivity contribution is 5.48. The van der Waals surface area contributed by atoms with Gasteiger partial charge in [-0.25, -0.2) is 0 Å². The summed E-state index contributed by atoms with van der Waals surface area (Å²) in [6, 6.07) is 3.55. The average molecular weight is 391 g/mol. The minimum Gasteiger partial charge on any atom is -0.508 e. The van der Waals surface area contributed by atoms with Crippen molar-refractivity contribution < 1.29 is 10.2 Å². The van der Waals surface area contributed by atoms with Crippen LogP contribution in [-0.4, -0.2) is 10.2 Å². The second-order valence-corrected chi connectivity index (χ2v) is 9.23. The SMILES string of the molecule is CCCCCCCCCCCCCCCc1cc(O)c(C(C)(C)CC)cc1O. The fraction of sp³-hybridized carbons (Fsp3) is 0.769. The van der Waals surface area contributed by atoms with Gasteiger partial charge in [0.2, 0.25) is 0 Å². The standard InChI is InChI=1S/C26H46O2/c1-5-7-8-9-10-11-12-13-14-15-16-17-18-19-22-20-25(28)23(21-24(22)27)26(3,4)6-2/h20-21,27-28H,5-19H2,1-4H3. The zero-order chi connectivity index (χ0) is 20.8. The third kappa shape index (κ3) is 9.34. The summed E-state index contributed by atoms with van der Waals surface area (Å²) in [6.07, 6.45) is 19.3. The molecule has 0 saturated heterocycles. The van der Waals surface area contributed by atoms with Crippen molar-refractivity contribution in [1.82, 2.24) is 0 Å². The van der Waals surface area contributed by atoms with E-state index in [9.17, 15) is 10.2 Å². The summed E-state index contributed by atoms with van der Waals surface area (Å²) in [5.74, 6) is 0.669. The van der Waals surface area contributed by atoms with Crippen LogP contribution in [0.1, 0.15) is 129 Å². The van der Waals surface area contributed by atoms with Crippen LogP contribution in [0.4, 0.5) is 0 Å². The molecule has 0 saturated carbocycles. The molecule has 0 aliphatic carbocycles. The topological polar surface area (TPSA) is 40.5 Å². The largest absolute Gasteiger partial charge is 0.508 e. The molecule has 0 aliphatic rings. The summed E-state index contributed by atoms with van der Waals surface area (Å²) in [5.41, 5.74) is 1.62. The molecule has 2 nitrogen and oxygen atoms in total. The normalized spacial score (nSPS) is 11.9. The molecule has 0 unspecified atom stereocenters. The van der Waals surface area contributed by atoms with E-state index >= 15 is 0 Å². The van der Waals surface area contributed by atoms with Crippen molar-refractivity contribution in [3.05, 3.63) is 23.3 Å². The van der Waals surface area contributed by atoms with Gasteiger partial charge < -0.3 is 10.2 Å². The van der Waals surface area contributed by atoms with E-state index in [1.165, 1.54) is 77.0 Å². The van der Waals surface area contributed by atoms with Gasteiger partial charge in [-0.05, 0) is 42.4 Å². The van der Waals surface area contributed by atoms with Gasteiger partial charge in [0.05, 0.1) is 0 Å². The highest BCUT2D eigenvalue weighted by Gasteiger charge is 2.23. The van der Waals surface area contributed by atoms with Crippen LogP contribution in [-0.2, 0) is 11.8 Å². The van der Waals surface area contributed by atoms with Crippen LogP contribution in [0, 0.1) is 0 Å². The van der Waals surface area contributed by atoms with Crippen molar-refractivity contribution in [3.8, 4) is 11.5 Å². The molecule has 0 radical (unpaired) electrons. The fourth-order valence-electron chi connectivity index (χ4n) is 3.89. The van der Waals surface area contributed by atoms with E-state index in [4.69, 9.17) is 0 Å². The number of hydrogen-bond acceptors (Lipinski definition) is 2. The van der Waals surface area contributed by atoms with Crippen LogP contribution in [0.3, 0.4) is 0 Å². The molecule has 0 aromatic heterocycles. The third-order valence-electron chi connectivity index (χ3n) is 6.36. The second-order valence-electron chi connectivity index (χ2n) is 9.23. The van der Waals surface area contributed by atoms with Crippen LogP contribution in [0.5, 0.6) is 11.5 Å². The lowest BCUT2D eigenvalue weighted by molar-refractivity contribution is 0.416. The zero-order valence-electron chi connectivity index (χ0n) is 19.2. The lowest BCUT2D eigenvalue weighted by atomic mass is 9.81. The first-order chi connectivity index (χ1) is 13.4. The molecule has 0 spiro atoms. The lowest BCUT2D eigenvalue weighted by Gasteiger charge is -2.25. The Morgan fingerprint density at radius 1 is 0.643 bits per heavy atom. The van der Waals surface area contributed by atoms with Gasteiger partial charge in [0, 0.05) is 5.56 Å². The summed E-state index contributed by atoms with van der Waals surface area (Å²) in [6.45, 7) is 8.59. The Morgan fingerprint density at radius 2 is 1.11 bits per heavy atom. The maximum Gasteiger partial charge on any atom is 0.119 e. The Bertz CT molecular complexity index is 533. The molecule has 2 heteroatoms. The Morgan fingerprint density at radius 3 is 1.57 bits per heavy atom. The maximum atomic E-state index is 10.4. The molecule has 0 bridgehead atoms. The van der Waals surface area contributed by atoms with Gasteiger partial charge in [-0.1, -0.05) is 105 Å². The predicted molar refractivity (Wildman–Crippen MR) is 122 cm³/mol. The smallest absolute Gasteiger partial charge is 0.119 e. The molecule has 1 aromatic rings. The van der Waals surface area contributed by atoms with E-state index in [1.807, 2.05) is 0 Å². The monoisotopic (exact) mass is 390 g/mol. The van der Waals surface area contributed by atoms with Gasteiger partial charge in [-0.15, -0.1) is 0 Å². The molecule has 1 rings (SSSR count). The number of phenols is 2. The van der Waals surface area contributed by atoms with Crippen LogP contribution < -0.4 is 0 Å². The Hall–Kier alpha value is -1.18. The van der Waals surface area contributed by atoms with Crippen LogP contribution in [0.25, 0.3) is 0 Å². The predicted octanol–water partition coefficient (Wildman–Crippen LogP) is 8.42. The van der Waals surface area contributed by atoms with Gasteiger partial charge in [0.15, 0.2) is 0 Å². The first-order valence-electron chi connectivity index (χ1n) is 12.0. The Balaban J connectivity index is 2.14. The number of aryl methyl sites for hydroxylation is 1. The Labute approximate surface area is 174 Å². The lowest BCUT2D eigenvalue weighted by Crippen LogP contribution is -2.15. The van der Waals surface area contributed by atoms with Gasteiger partial charge in [-0.2, -0.15) is 0 Å². The molecular weight excluding hydrogens is 344 g/mol. The molecule has 0 aliphatic heterocycles. The van der Waals surface area contributed by atoms with Gasteiger partial charge in [0.1, 0.15) is 11.5 Å². The van der Waals surface area contributed by atoms with E-state index in [0.717, 1.165) is 30.4 Å². The molecule has 0 fully saturated rings. The molecule has 0 heterocycles. The molecule has 28 heavy (non-hydrogen) atoms. The highest BCUT2D eigenvalue weighted by Crippen LogP contribution is 2.38. The highest BCUT2D eigenvalue weighted by atomic mass is 16.3. The Kier molecular flexibility index (Phi) is 12.3. The molecule has 0 atom stereocenters. The summed E-state index contributed by atoms with van der Waals surface area (Å²) >= 11 is 0. The van der Waals surface area contributed by atoms with Crippen LogP contribution >= 0.6 is 0 Å². The van der Waals surface area contributed by atoms with E-state index < -0.39 is 0 Å². The first kappa shape index (κ1) is 24.9. The summed E-state index contributed by atoms with van der Waals surface area (Å²) < 4.78 is 0. The van der Waals surface area contributed by atoms with E-state index in [2.05, 4.69) is 27.7 Å². The van der Waals surface area contributed by atoms with Crippen molar-refractivity contribution in [2.24, 2.45) is 0 Å². The second kappa shape index (κ2) is 13.9. The maximum absolute atomic E-state index is 10.4. The van der Waals surface area contributed by atoms with Crippen molar-refractivity contribution in [2.75, 3.05) is 0 Å². The van der Waals surface area contributed by atoms with E-state index in [0.29, 0.717) is 11.5 Å². The number of benzene rings is 1. The first-order valence-corrected chi connectivity index (χ1v) is 12.0. The summed E-state index contributed by atoms with van der Waals surface area (Å²) in [5, 5.41) is 20.7. The number of hydrogen-bond donors (Lipinski definition) is 2. The minimum absolute atomic E-state index is 0.115. The van der Waals surface area contributed by atoms with Crippen molar-refractivity contribution >= 4 is 0 Å². The zero-order valence-corrected chi connectivity index (χ0v) is 19.2. The van der Waals surface area contributed by atoms with Gasteiger partial charge in [-0.3, -0.25) is 0 Å². The van der Waals surface area contributed by atoms with Crippen molar-refractivity contribution in [3.63, 3.8) is 0 Å². The quantitative estimate of drug-likeness (QED) is 0.220. The average Bonchev–Trinajstić information content (AvgIpc) is 2.67. The van der Waals surface area contributed by atoms with Crippen molar-refractivity contribution in [2.45, 2.75) is 129 Å². The van der Waals surface area contributed by atoms with Gasteiger partial charge >= 0.3 is 0 Å². The van der Waals surface area contributed by atoms with Gasteiger partial charge in [0.25, 0.3) is 0 Å². The minimum atomic E-state index is -0.115. The summed E-state index contributed by atoms with van der Waals surface area (Å²) in [7, 11) is 0. The third-order valence-corrected chi connectivity index (χ3v) is 6.36. The molecule has 0 amide bonds.